The summed E-state index contributed by atoms with van der Waals surface area (Å²) in [5.74, 6) is -0.207. The summed E-state index contributed by atoms with van der Waals surface area (Å²) in [6.07, 6.45) is 0. The molecular weight excluding hydrogens is 546 g/mol. The number of hydrogen-bond donors (Lipinski definition) is 2. The zero-order valence-electron chi connectivity index (χ0n) is 14.3. The number of aromatic nitrogens is 1. The normalized spacial score (nSPS) is 11.4. The largest absolute Gasteiger partial charge is 0.493 e. The summed E-state index contributed by atoms with van der Waals surface area (Å²) in [5, 5.41) is 18.3. The Balaban J connectivity index is 1.78. The molecule has 6 nitrogen and oxygen atoms in total. The van der Waals surface area contributed by atoms with E-state index < -0.39 is 5.91 Å². The molecule has 3 rings (SSSR count). The molecule has 27 heavy (non-hydrogen) atoms. The van der Waals surface area contributed by atoms with Crippen molar-refractivity contribution in [1.82, 2.24) is 4.98 Å². The van der Waals surface area contributed by atoms with E-state index in [9.17, 15) is 9.90 Å². The summed E-state index contributed by atoms with van der Waals surface area (Å²) in [6.45, 7) is 3.57. The lowest BCUT2D eigenvalue weighted by atomic mass is 10.1. The van der Waals surface area contributed by atoms with E-state index in [1.165, 1.54) is 0 Å². The number of nitrogens with one attached hydrogen (secondary N) is 1. The van der Waals surface area contributed by atoms with Gasteiger partial charge in [-0.3, -0.25) is 4.79 Å². The quantitative estimate of drug-likeness (QED) is 0.359. The maximum Gasteiger partial charge on any atom is 0.302 e. The summed E-state index contributed by atoms with van der Waals surface area (Å²) in [6, 6.07) is 7.48. The highest BCUT2D eigenvalue weighted by molar-refractivity contribution is 9.11. The van der Waals surface area contributed by atoms with E-state index in [0.717, 1.165) is 30.1 Å². The van der Waals surface area contributed by atoms with E-state index in [1.54, 1.807) is 6.07 Å². The number of aromatic hydroxyl groups is 1. The second kappa shape index (κ2) is 8.12. The number of carbonyl (C=O) groups excluding carboxylic acids is 1. The molecule has 0 unspecified atom stereocenters. The molecular formula is C18H14Br3N3O3. The Hall–Kier alpha value is -1.71. The highest BCUT2D eigenvalue weighted by Gasteiger charge is 2.14. The van der Waals surface area contributed by atoms with E-state index in [-0.39, 0.29) is 18.2 Å². The zero-order chi connectivity index (χ0) is 19.7. The average Bonchev–Trinajstić information content (AvgIpc) is 2.88. The van der Waals surface area contributed by atoms with Crippen molar-refractivity contribution < 1.29 is 14.6 Å². The van der Waals surface area contributed by atoms with Gasteiger partial charge in [-0.2, -0.15) is 0 Å². The van der Waals surface area contributed by atoms with Crippen molar-refractivity contribution in [2.24, 2.45) is 10.2 Å². The van der Waals surface area contributed by atoms with Crippen molar-refractivity contribution in [3.63, 3.8) is 0 Å². The van der Waals surface area contributed by atoms with Gasteiger partial charge in [0.1, 0.15) is 5.75 Å². The first-order valence-corrected chi connectivity index (χ1v) is 10.2. The fourth-order valence-electron chi connectivity index (χ4n) is 2.60. The van der Waals surface area contributed by atoms with Crippen molar-refractivity contribution in [2.75, 3.05) is 6.61 Å². The Bertz CT molecular complexity index is 1050. The summed E-state index contributed by atoms with van der Waals surface area (Å²) in [5.41, 5.74) is 2.92. The number of hydrogen-bond acceptors (Lipinski definition) is 4. The number of carbonyl (C=O) groups is 1. The number of fused-ring (bicyclic) bond motifs is 1. The van der Waals surface area contributed by atoms with Gasteiger partial charge in [0.05, 0.1) is 14.5 Å². The van der Waals surface area contributed by atoms with Crippen LogP contribution in [0.4, 0.5) is 5.69 Å². The van der Waals surface area contributed by atoms with Gasteiger partial charge in [0.25, 0.3) is 0 Å². The highest BCUT2D eigenvalue weighted by Crippen LogP contribution is 2.38. The highest BCUT2D eigenvalue weighted by atomic mass is 79.9. The van der Waals surface area contributed by atoms with Gasteiger partial charge in [0.2, 0.25) is 5.88 Å². The molecule has 1 heterocycles. The van der Waals surface area contributed by atoms with Crippen LogP contribution in [0.3, 0.4) is 0 Å². The molecule has 1 amide bonds. The molecule has 0 spiro atoms. The Labute approximate surface area is 180 Å². The van der Waals surface area contributed by atoms with Gasteiger partial charge in [-0.25, -0.2) is 0 Å². The number of halogens is 3. The number of ether oxygens (including phenoxy) is 1. The summed E-state index contributed by atoms with van der Waals surface area (Å²) >= 11 is 10.2. The fourth-order valence-corrected chi connectivity index (χ4v) is 4.81. The SMILES string of the molecule is Cc1cc(Br)c(OCC(=O)N=Nc2c(O)[nH]c3c(C)cc(Br)cc23)c(Br)c1. The van der Waals surface area contributed by atoms with Crippen molar-refractivity contribution >= 4 is 70.3 Å². The number of aryl methyl sites for hydroxylation is 2. The van der Waals surface area contributed by atoms with Gasteiger partial charge in [0, 0.05) is 9.86 Å². The fraction of sp³-hybridized carbons (Fsp3) is 0.167. The van der Waals surface area contributed by atoms with Crippen molar-refractivity contribution in [1.29, 1.82) is 0 Å². The number of amides is 1. The van der Waals surface area contributed by atoms with Gasteiger partial charge in [-0.1, -0.05) is 15.9 Å². The Morgan fingerprint density at radius 1 is 1.15 bits per heavy atom. The summed E-state index contributed by atoms with van der Waals surface area (Å²) < 4.78 is 7.84. The van der Waals surface area contributed by atoms with Gasteiger partial charge in [-0.05, 0) is 81.1 Å². The van der Waals surface area contributed by atoms with E-state index in [0.29, 0.717) is 11.1 Å². The second-order valence-electron chi connectivity index (χ2n) is 5.91. The molecule has 0 aliphatic carbocycles. The number of aromatic amines is 1. The molecule has 3 aromatic rings. The minimum atomic E-state index is -0.574. The third-order valence-electron chi connectivity index (χ3n) is 3.77. The molecule has 2 N–H and O–H groups in total. The van der Waals surface area contributed by atoms with Crippen molar-refractivity contribution in [2.45, 2.75) is 13.8 Å². The lowest BCUT2D eigenvalue weighted by Crippen LogP contribution is -2.08. The molecule has 0 aliphatic rings. The monoisotopic (exact) mass is 557 g/mol. The first-order chi connectivity index (χ1) is 12.8. The van der Waals surface area contributed by atoms with Crippen molar-refractivity contribution in [3.8, 4) is 11.6 Å². The number of rotatable bonds is 4. The molecule has 0 fully saturated rings. The predicted octanol–water partition coefficient (Wildman–Crippen LogP) is 6.47. The summed E-state index contributed by atoms with van der Waals surface area (Å²) in [7, 11) is 0. The molecule has 1 aromatic heterocycles. The molecule has 0 bridgehead atoms. The van der Waals surface area contributed by atoms with Crippen LogP contribution in [0.15, 0.2) is 47.9 Å². The molecule has 0 aliphatic heterocycles. The minimum Gasteiger partial charge on any atom is -0.493 e. The van der Waals surface area contributed by atoms with Gasteiger partial charge in [-0.15, -0.1) is 10.2 Å². The van der Waals surface area contributed by atoms with Crippen LogP contribution >= 0.6 is 47.8 Å². The van der Waals surface area contributed by atoms with Crippen molar-refractivity contribution in [3.05, 3.63) is 48.8 Å². The molecule has 9 heteroatoms. The molecule has 0 atom stereocenters. The van der Waals surface area contributed by atoms with Crippen LogP contribution in [-0.2, 0) is 4.79 Å². The third kappa shape index (κ3) is 4.41. The van der Waals surface area contributed by atoms with Gasteiger partial charge < -0.3 is 14.8 Å². The zero-order valence-corrected chi connectivity index (χ0v) is 19.1. The number of azo groups is 1. The maximum atomic E-state index is 12.1. The predicted molar refractivity (Wildman–Crippen MR) is 114 cm³/mol. The first kappa shape index (κ1) is 20.0. The third-order valence-corrected chi connectivity index (χ3v) is 5.40. The minimum absolute atomic E-state index is 0.146. The lowest BCUT2D eigenvalue weighted by molar-refractivity contribution is -0.120. The number of nitrogens with zero attached hydrogens (tertiary/aromatic N) is 2. The van der Waals surface area contributed by atoms with E-state index in [4.69, 9.17) is 4.74 Å². The van der Waals surface area contributed by atoms with Gasteiger partial charge in [0.15, 0.2) is 12.3 Å². The molecule has 0 saturated heterocycles. The Morgan fingerprint density at radius 3 is 2.48 bits per heavy atom. The maximum absolute atomic E-state index is 12.1. The second-order valence-corrected chi connectivity index (χ2v) is 8.53. The smallest absolute Gasteiger partial charge is 0.302 e. The topological polar surface area (TPSA) is 87.0 Å². The molecule has 0 saturated carbocycles. The van der Waals surface area contributed by atoms with E-state index in [2.05, 4.69) is 63.0 Å². The number of H-pyrrole nitrogens is 1. The van der Waals surface area contributed by atoms with Crippen LogP contribution in [0.1, 0.15) is 11.1 Å². The Kier molecular flexibility index (Phi) is 6.02. The van der Waals surface area contributed by atoms with Gasteiger partial charge >= 0.3 is 5.91 Å². The van der Waals surface area contributed by atoms with Crippen LogP contribution in [-0.4, -0.2) is 22.6 Å². The van der Waals surface area contributed by atoms with Crippen LogP contribution in [0, 0.1) is 13.8 Å². The average molecular weight is 560 g/mol. The van der Waals surface area contributed by atoms with Crippen LogP contribution in [0.5, 0.6) is 11.6 Å². The summed E-state index contributed by atoms with van der Waals surface area (Å²) in [4.78, 5) is 14.9. The van der Waals surface area contributed by atoms with E-state index in [1.807, 2.05) is 32.0 Å². The van der Waals surface area contributed by atoms with Crippen LogP contribution in [0.25, 0.3) is 10.9 Å². The number of benzene rings is 2. The lowest BCUT2D eigenvalue weighted by Gasteiger charge is -2.09. The molecule has 140 valence electrons. The standard InChI is InChI=1S/C18H14Br3N3O3/c1-8-3-12(20)17(13(21)4-8)27-7-14(25)23-24-16-11-6-10(19)5-9(2)15(11)22-18(16)26/h3-6,22,26H,7H2,1-2H3. The first-order valence-electron chi connectivity index (χ1n) is 7.80. The van der Waals surface area contributed by atoms with Crippen LogP contribution < -0.4 is 4.74 Å². The van der Waals surface area contributed by atoms with Crippen LogP contribution in [0.2, 0.25) is 0 Å². The molecule has 2 aromatic carbocycles. The van der Waals surface area contributed by atoms with E-state index >= 15 is 0 Å². The molecule has 0 radical (unpaired) electrons. The Morgan fingerprint density at radius 2 is 1.81 bits per heavy atom.